The Morgan fingerprint density at radius 1 is 1.33 bits per heavy atom. The topological polar surface area (TPSA) is 58.6 Å². The summed E-state index contributed by atoms with van der Waals surface area (Å²) in [5.74, 6) is 0. The minimum atomic E-state index is -0.126. The second kappa shape index (κ2) is 4.53. The summed E-state index contributed by atoms with van der Waals surface area (Å²) in [6.07, 6.45) is 2.90. The van der Waals surface area contributed by atoms with Crippen LogP contribution in [0.5, 0.6) is 0 Å². The fourth-order valence-corrected chi connectivity index (χ4v) is 1.31. The molecular formula is C10H15N3OS. The second-order valence-electron chi connectivity index (χ2n) is 4.78. The molecule has 0 aliphatic heterocycles. The zero-order valence-corrected chi connectivity index (χ0v) is 10.2. The summed E-state index contributed by atoms with van der Waals surface area (Å²) < 4.78 is 3.82. The van der Waals surface area contributed by atoms with Gasteiger partial charge in [-0.05, 0) is 16.9 Å². The quantitative estimate of drug-likeness (QED) is 0.749. The van der Waals surface area contributed by atoms with Crippen LogP contribution >= 0.6 is 11.5 Å². The van der Waals surface area contributed by atoms with Crippen molar-refractivity contribution < 1.29 is 0 Å². The van der Waals surface area contributed by atoms with E-state index in [9.17, 15) is 4.79 Å². The first-order chi connectivity index (χ1) is 6.88. The molecule has 2 aromatic heterocycles. The van der Waals surface area contributed by atoms with Crippen molar-refractivity contribution in [1.29, 1.82) is 0 Å². The third-order valence-corrected chi connectivity index (χ3v) is 1.88. The number of aromatic amines is 1. The summed E-state index contributed by atoms with van der Waals surface area (Å²) in [5.41, 5.74) is 0.374. The van der Waals surface area contributed by atoms with Crippen LogP contribution in [0, 0.1) is 5.41 Å². The molecule has 0 aliphatic rings. The van der Waals surface area contributed by atoms with Gasteiger partial charge in [0.25, 0.3) is 5.56 Å². The molecule has 0 fully saturated rings. The van der Waals surface area contributed by atoms with Crippen LogP contribution in [-0.4, -0.2) is 14.3 Å². The Morgan fingerprint density at radius 2 is 1.93 bits per heavy atom. The zero-order valence-electron chi connectivity index (χ0n) is 9.37. The van der Waals surface area contributed by atoms with Gasteiger partial charge in [-0.3, -0.25) is 4.79 Å². The van der Waals surface area contributed by atoms with Crippen molar-refractivity contribution in [1.82, 2.24) is 14.3 Å². The van der Waals surface area contributed by atoms with Crippen LogP contribution < -0.4 is 5.56 Å². The molecule has 0 atom stereocenters. The summed E-state index contributed by atoms with van der Waals surface area (Å²) >= 11 is 1.22. The Kier molecular flexibility index (Phi) is 3.57. The number of aromatic nitrogens is 3. The third-order valence-electron chi connectivity index (χ3n) is 1.17. The standard InChI is InChI=1S/C5H3N3OS.C5H12/c9-4-3-1-8-10-5(3)7-2-6-4;1-5(2,3)4/h1-2H,(H,6,7,9);1-4H3. The van der Waals surface area contributed by atoms with Crippen LogP contribution in [0.3, 0.4) is 0 Å². The molecule has 82 valence electrons. The highest BCUT2D eigenvalue weighted by Gasteiger charge is 1.98. The van der Waals surface area contributed by atoms with Gasteiger partial charge in [-0.25, -0.2) is 4.98 Å². The molecule has 4 nitrogen and oxygen atoms in total. The first kappa shape index (κ1) is 11.8. The van der Waals surface area contributed by atoms with E-state index in [1.54, 1.807) is 0 Å². The van der Waals surface area contributed by atoms with Gasteiger partial charge in [0.1, 0.15) is 0 Å². The van der Waals surface area contributed by atoms with Gasteiger partial charge in [0.15, 0.2) is 4.83 Å². The van der Waals surface area contributed by atoms with Crippen LogP contribution in [0.15, 0.2) is 17.3 Å². The minimum Gasteiger partial charge on any atom is -0.313 e. The van der Waals surface area contributed by atoms with Crippen molar-refractivity contribution in [2.45, 2.75) is 27.7 Å². The molecular weight excluding hydrogens is 210 g/mol. The lowest BCUT2D eigenvalue weighted by molar-refractivity contribution is 0.469. The molecule has 2 heterocycles. The number of hydrogen-bond acceptors (Lipinski definition) is 4. The number of rotatable bonds is 0. The highest BCUT2D eigenvalue weighted by molar-refractivity contribution is 7.12. The Balaban J connectivity index is 0.000000195. The predicted molar refractivity (Wildman–Crippen MR) is 63.2 cm³/mol. The van der Waals surface area contributed by atoms with Gasteiger partial charge in [0.05, 0.1) is 17.9 Å². The van der Waals surface area contributed by atoms with E-state index in [-0.39, 0.29) is 5.56 Å². The Labute approximate surface area is 92.5 Å². The first-order valence-electron chi connectivity index (χ1n) is 4.66. The third kappa shape index (κ3) is 4.20. The SMILES string of the molecule is CC(C)(C)C.O=c1[nH]cnc2sncc12. The van der Waals surface area contributed by atoms with Crippen molar-refractivity contribution in [2.24, 2.45) is 5.41 Å². The lowest BCUT2D eigenvalue weighted by Crippen LogP contribution is -2.03. The van der Waals surface area contributed by atoms with E-state index in [1.165, 1.54) is 24.1 Å². The van der Waals surface area contributed by atoms with Gasteiger partial charge in [0.2, 0.25) is 0 Å². The molecule has 0 amide bonds. The summed E-state index contributed by atoms with van der Waals surface area (Å²) in [6.45, 7) is 8.75. The Bertz CT molecular complexity index is 475. The highest BCUT2D eigenvalue weighted by Crippen LogP contribution is 2.08. The number of hydrogen-bond donors (Lipinski definition) is 1. The fraction of sp³-hybridized carbons (Fsp3) is 0.500. The van der Waals surface area contributed by atoms with Gasteiger partial charge in [-0.15, -0.1) is 0 Å². The smallest absolute Gasteiger partial charge is 0.261 e. The predicted octanol–water partition coefficient (Wildman–Crippen LogP) is 2.43. The van der Waals surface area contributed by atoms with Crippen LogP contribution in [0.1, 0.15) is 27.7 Å². The Morgan fingerprint density at radius 3 is 2.47 bits per heavy atom. The molecule has 0 aromatic carbocycles. The molecule has 0 radical (unpaired) electrons. The van der Waals surface area contributed by atoms with Crippen molar-refractivity contribution in [3.63, 3.8) is 0 Å². The van der Waals surface area contributed by atoms with Crippen LogP contribution in [-0.2, 0) is 0 Å². The van der Waals surface area contributed by atoms with Crippen LogP contribution in [0.25, 0.3) is 10.2 Å². The molecule has 1 N–H and O–H groups in total. The normalized spacial score (nSPS) is 10.9. The first-order valence-corrected chi connectivity index (χ1v) is 5.43. The van der Waals surface area contributed by atoms with Gasteiger partial charge in [-0.2, -0.15) is 4.37 Å². The average molecular weight is 225 g/mol. The van der Waals surface area contributed by atoms with E-state index in [0.29, 0.717) is 15.6 Å². The van der Waals surface area contributed by atoms with Gasteiger partial charge in [-0.1, -0.05) is 27.7 Å². The summed E-state index contributed by atoms with van der Waals surface area (Å²) in [4.78, 5) is 18.0. The number of nitrogens with zero attached hydrogens (tertiary/aromatic N) is 2. The van der Waals surface area contributed by atoms with Crippen LogP contribution in [0.4, 0.5) is 0 Å². The van der Waals surface area contributed by atoms with Crippen molar-refractivity contribution in [3.8, 4) is 0 Å². The largest absolute Gasteiger partial charge is 0.313 e. The molecule has 0 bridgehead atoms. The number of fused-ring (bicyclic) bond motifs is 1. The van der Waals surface area contributed by atoms with E-state index in [2.05, 4.69) is 42.0 Å². The number of H-pyrrole nitrogens is 1. The zero-order chi connectivity index (χ0) is 11.5. The van der Waals surface area contributed by atoms with Crippen molar-refractivity contribution in [2.75, 3.05) is 0 Å². The average Bonchev–Trinajstić information content (AvgIpc) is 2.49. The van der Waals surface area contributed by atoms with E-state index < -0.39 is 0 Å². The maximum Gasteiger partial charge on any atom is 0.261 e. The maximum absolute atomic E-state index is 10.9. The lowest BCUT2D eigenvalue weighted by Gasteiger charge is -2.05. The van der Waals surface area contributed by atoms with Crippen LogP contribution in [0.2, 0.25) is 0 Å². The molecule has 0 saturated carbocycles. The van der Waals surface area contributed by atoms with Gasteiger partial charge >= 0.3 is 0 Å². The second-order valence-corrected chi connectivity index (χ2v) is 5.56. The lowest BCUT2D eigenvalue weighted by atomic mass is 10.0. The molecule has 5 heteroatoms. The maximum atomic E-state index is 10.9. The molecule has 0 aliphatic carbocycles. The van der Waals surface area contributed by atoms with E-state index in [1.807, 2.05) is 0 Å². The van der Waals surface area contributed by atoms with Crippen molar-refractivity contribution >= 4 is 21.7 Å². The van der Waals surface area contributed by atoms with E-state index in [0.717, 1.165) is 0 Å². The molecule has 0 spiro atoms. The van der Waals surface area contributed by atoms with E-state index in [4.69, 9.17) is 0 Å². The molecule has 2 aromatic rings. The summed E-state index contributed by atoms with van der Waals surface area (Å²) in [6, 6.07) is 0. The monoisotopic (exact) mass is 225 g/mol. The minimum absolute atomic E-state index is 0.126. The van der Waals surface area contributed by atoms with Crippen molar-refractivity contribution in [3.05, 3.63) is 22.9 Å². The molecule has 0 saturated heterocycles. The molecule has 0 unspecified atom stereocenters. The number of nitrogens with one attached hydrogen (secondary N) is 1. The summed E-state index contributed by atoms with van der Waals surface area (Å²) in [7, 11) is 0. The molecule has 15 heavy (non-hydrogen) atoms. The molecule has 2 rings (SSSR count). The fourth-order valence-electron chi connectivity index (χ4n) is 0.710. The van der Waals surface area contributed by atoms with Gasteiger partial charge in [0, 0.05) is 0 Å². The highest BCUT2D eigenvalue weighted by atomic mass is 32.1. The Hall–Kier alpha value is -1.23. The van der Waals surface area contributed by atoms with Gasteiger partial charge < -0.3 is 4.98 Å². The summed E-state index contributed by atoms with van der Waals surface area (Å²) in [5, 5.41) is 0.563. The van der Waals surface area contributed by atoms with E-state index >= 15 is 0 Å².